The van der Waals surface area contributed by atoms with Crippen molar-refractivity contribution in [1.29, 1.82) is 0 Å². The largest absolute Gasteiger partial charge is 1.00 e. The molecule has 0 aliphatic carbocycles. The summed E-state index contributed by atoms with van der Waals surface area (Å²) in [5.41, 5.74) is -0.573. The molecule has 1 aliphatic heterocycles. The molecule has 0 N–H and O–H groups in total. The molecule has 1 saturated heterocycles. The van der Waals surface area contributed by atoms with Gasteiger partial charge in [0.25, 0.3) is 0 Å². The van der Waals surface area contributed by atoms with E-state index in [1.165, 1.54) is 0 Å². The van der Waals surface area contributed by atoms with E-state index in [4.69, 9.17) is 0 Å². The first kappa shape index (κ1) is 19.2. The smallest absolute Gasteiger partial charge is 0.445 e. The Labute approximate surface area is 150 Å². The second-order valence-corrected chi connectivity index (χ2v) is 5.21. The zero-order chi connectivity index (χ0) is 13.1. The molecule has 0 radical (unpaired) electrons. The summed E-state index contributed by atoms with van der Waals surface area (Å²) in [6.07, 6.45) is 1.96. The van der Waals surface area contributed by atoms with E-state index >= 15 is 0 Å². The molecule has 1 heterocycles. The zero-order valence-corrected chi connectivity index (χ0v) is 14.8. The van der Waals surface area contributed by atoms with E-state index < -0.39 is 12.4 Å². The molecule has 0 aromatic heterocycles. The molecule has 1 fully saturated rings. The average molecular weight is 288 g/mol. The van der Waals surface area contributed by atoms with Gasteiger partial charge in [0, 0.05) is 6.54 Å². The van der Waals surface area contributed by atoms with Crippen molar-refractivity contribution in [1.82, 2.24) is 9.80 Å². The molecule has 0 bridgehead atoms. The van der Waals surface area contributed by atoms with Crippen LogP contribution in [0, 0.1) is 5.92 Å². The van der Waals surface area contributed by atoms with Gasteiger partial charge in [0.05, 0.1) is 0 Å². The van der Waals surface area contributed by atoms with Crippen molar-refractivity contribution in [2.24, 2.45) is 5.92 Å². The van der Waals surface area contributed by atoms with Crippen LogP contribution in [-0.2, 0) is 0 Å². The molecule has 0 amide bonds. The summed E-state index contributed by atoms with van der Waals surface area (Å²) >= 11 is 0. The van der Waals surface area contributed by atoms with E-state index in [0.717, 1.165) is 32.5 Å². The van der Waals surface area contributed by atoms with Crippen molar-refractivity contribution in [3.05, 3.63) is 12.1 Å². The second-order valence-electron chi connectivity index (χ2n) is 5.21. The topological polar surface area (TPSA) is 6.48 Å². The fourth-order valence-corrected chi connectivity index (χ4v) is 2.23. The number of likely N-dealkylation sites (tertiary alicyclic amines) is 1. The summed E-state index contributed by atoms with van der Waals surface area (Å²) < 4.78 is 37.1. The van der Waals surface area contributed by atoms with Crippen LogP contribution in [0.5, 0.6) is 0 Å². The molecule has 18 heavy (non-hydrogen) atoms. The number of hydrogen-bond acceptors (Lipinski definition) is 2. The first-order chi connectivity index (χ1) is 7.79. The van der Waals surface area contributed by atoms with E-state index in [2.05, 4.69) is 11.5 Å². The maximum absolute atomic E-state index is 12.4. The van der Waals surface area contributed by atoms with Gasteiger partial charge in [-0.2, -0.15) is 0 Å². The van der Waals surface area contributed by atoms with Gasteiger partial charge in [-0.25, -0.2) is 0 Å². The van der Waals surface area contributed by atoms with Crippen LogP contribution in [0.3, 0.4) is 0 Å². The number of piperidine rings is 1. The van der Waals surface area contributed by atoms with Crippen LogP contribution in [0.1, 0.15) is 12.8 Å². The normalized spacial score (nSPS) is 18.8. The average Bonchev–Trinajstić information content (AvgIpc) is 2.18. The van der Waals surface area contributed by atoms with Crippen LogP contribution in [0.2, 0.25) is 0 Å². The van der Waals surface area contributed by atoms with Gasteiger partial charge in [-0.05, 0) is 52.5 Å². The third-order valence-electron chi connectivity index (χ3n) is 3.22. The molecule has 1 rings (SSSR count). The van der Waals surface area contributed by atoms with E-state index in [0.29, 0.717) is 5.92 Å². The summed E-state index contributed by atoms with van der Waals surface area (Å²) in [5, 5.41) is 0. The third kappa shape index (κ3) is 7.07. The van der Waals surface area contributed by atoms with Gasteiger partial charge in [-0.15, -0.1) is 12.1 Å². The fraction of sp³-hybridized carbons (Fsp3) is 0.818. The number of hydrogen-bond donors (Lipinski definition) is 0. The Morgan fingerprint density at radius 1 is 1.28 bits per heavy atom. The summed E-state index contributed by atoms with van der Waals surface area (Å²) in [6.45, 7) is 0.786. The van der Waals surface area contributed by atoms with Crippen molar-refractivity contribution < 1.29 is 64.3 Å². The monoisotopic (exact) mass is 288 g/mol. The Hall–Kier alpha value is 1.15. The van der Waals surface area contributed by atoms with Crippen molar-refractivity contribution in [2.45, 2.75) is 12.8 Å². The number of nitrogens with zero attached hydrogens (tertiary/aromatic N) is 2. The first-order valence-corrected chi connectivity index (χ1v) is 6.03. The Morgan fingerprint density at radius 3 is 2.17 bits per heavy atom. The van der Waals surface area contributed by atoms with Gasteiger partial charge in [-0.3, -0.25) is 0 Å². The minimum atomic E-state index is -4.87. The van der Waals surface area contributed by atoms with Crippen LogP contribution in [-0.4, -0.2) is 57.1 Å². The SMILES string of the molecule is C=C(CN1CCC(CN(C)C)CC1)[B-](F)(F)F.[K+]. The van der Waals surface area contributed by atoms with Gasteiger partial charge in [0.2, 0.25) is 0 Å². The quantitative estimate of drug-likeness (QED) is 0.612. The summed E-state index contributed by atoms with van der Waals surface area (Å²) in [5.74, 6) is 0.617. The fourth-order valence-electron chi connectivity index (χ4n) is 2.23. The maximum Gasteiger partial charge on any atom is 1.00 e. The minimum Gasteiger partial charge on any atom is -0.445 e. The number of halogens is 3. The van der Waals surface area contributed by atoms with Crippen molar-refractivity contribution in [3.63, 3.8) is 0 Å². The molecular weight excluding hydrogens is 267 g/mol. The predicted molar refractivity (Wildman–Crippen MR) is 65.9 cm³/mol. The van der Waals surface area contributed by atoms with Gasteiger partial charge in [-0.1, -0.05) is 0 Å². The Bertz CT molecular complexity index is 264. The maximum atomic E-state index is 12.4. The molecule has 100 valence electrons. The van der Waals surface area contributed by atoms with E-state index in [1.807, 2.05) is 19.0 Å². The Kier molecular flexibility index (Phi) is 8.98. The van der Waals surface area contributed by atoms with Crippen LogP contribution in [0.25, 0.3) is 0 Å². The number of rotatable bonds is 5. The molecular formula is C11H21BF3KN2. The van der Waals surface area contributed by atoms with Gasteiger partial charge < -0.3 is 22.7 Å². The van der Waals surface area contributed by atoms with E-state index in [9.17, 15) is 12.9 Å². The molecule has 2 nitrogen and oxygen atoms in total. The molecule has 0 aromatic carbocycles. The van der Waals surface area contributed by atoms with Crippen LogP contribution < -0.4 is 51.4 Å². The predicted octanol–water partition coefficient (Wildman–Crippen LogP) is -0.793. The van der Waals surface area contributed by atoms with E-state index in [-0.39, 0.29) is 57.9 Å². The second kappa shape index (κ2) is 8.44. The van der Waals surface area contributed by atoms with Crippen molar-refractivity contribution in [2.75, 3.05) is 40.3 Å². The van der Waals surface area contributed by atoms with Gasteiger partial charge in [0.15, 0.2) is 0 Å². The van der Waals surface area contributed by atoms with E-state index in [1.54, 1.807) is 0 Å². The molecule has 0 unspecified atom stereocenters. The van der Waals surface area contributed by atoms with Crippen LogP contribution >= 0.6 is 0 Å². The third-order valence-corrected chi connectivity index (χ3v) is 3.22. The molecule has 0 atom stereocenters. The van der Waals surface area contributed by atoms with Gasteiger partial charge in [0.1, 0.15) is 0 Å². The van der Waals surface area contributed by atoms with Crippen molar-refractivity contribution in [3.8, 4) is 0 Å². The first-order valence-electron chi connectivity index (χ1n) is 6.03. The Balaban J connectivity index is 0.00000289. The Morgan fingerprint density at radius 2 is 1.78 bits per heavy atom. The summed E-state index contributed by atoms with van der Waals surface area (Å²) in [4.78, 5) is 4.00. The van der Waals surface area contributed by atoms with Crippen LogP contribution in [0.4, 0.5) is 12.9 Å². The molecule has 0 aromatic rings. The standard InChI is InChI=1S/C11H21BF3N2.K/c1-10(12(13,14)15)8-17-6-4-11(5-7-17)9-16(2)3;/h11H,1,4-9H2,2-3H3;/q-1;+1. The molecule has 7 heteroatoms. The summed E-state index contributed by atoms with van der Waals surface area (Å²) in [6, 6.07) is 0. The summed E-state index contributed by atoms with van der Waals surface area (Å²) in [7, 11) is 4.06. The molecule has 0 saturated carbocycles. The molecule has 1 aliphatic rings. The zero-order valence-electron chi connectivity index (χ0n) is 11.6. The van der Waals surface area contributed by atoms with Crippen LogP contribution in [0.15, 0.2) is 12.1 Å². The van der Waals surface area contributed by atoms with Gasteiger partial charge >= 0.3 is 58.4 Å². The molecule has 0 spiro atoms. The minimum absolute atomic E-state index is 0. The van der Waals surface area contributed by atoms with Crippen molar-refractivity contribution >= 4 is 6.98 Å².